The number of benzene rings is 2. The summed E-state index contributed by atoms with van der Waals surface area (Å²) in [6, 6.07) is 11.3. The molecule has 0 N–H and O–H groups in total. The summed E-state index contributed by atoms with van der Waals surface area (Å²) in [6.07, 6.45) is 0. The first-order valence-corrected chi connectivity index (χ1v) is 5.76. The minimum Gasteiger partial charge on any atom is -0.606 e. The molecule has 16 heavy (non-hydrogen) atoms. The van der Waals surface area contributed by atoms with Gasteiger partial charge in [0, 0.05) is 11.2 Å². The summed E-state index contributed by atoms with van der Waals surface area (Å²) < 4.78 is 38.6. The van der Waals surface area contributed by atoms with Crippen LogP contribution in [0.25, 0.3) is 0 Å². The first-order valence-electron chi connectivity index (χ1n) is 4.61. The van der Waals surface area contributed by atoms with Gasteiger partial charge in [0.15, 0.2) is 21.4 Å². The summed E-state index contributed by atoms with van der Waals surface area (Å²) in [5.74, 6) is -1.19. The molecule has 0 atom stereocenters. The first kappa shape index (κ1) is 11.1. The largest absolute Gasteiger partial charge is 0.606 e. The van der Waals surface area contributed by atoms with Crippen LogP contribution < -0.4 is 0 Å². The third kappa shape index (κ3) is 2.08. The Hall–Kier alpha value is -1.39. The summed E-state index contributed by atoms with van der Waals surface area (Å²) in [6.45, 7) is 0. The van der Waals surface area contributed by atoms with Gasteiger partial charge in [0.25, 0.3) is 0 Å². The highest BCUT2D eigenvalue weighted by atomic mass is 32.2. The van der Waals surface area contributed by atoms with Crippen LogP contribution >= 0.6 is 0 Å². The van der Waals surface area contributed by atoms with E-state index in [2.05, 4.69) is 0 Å². The number of hydrogen-bond donors (Lipinski definition) is 0. The van der Waals surface area contributed by atoms with Crippen molar-refractivity contribution in [2.45, 2.75) is 9.79 Å². The maximum absolute atomic E-state index is 13.3. The highest BCUT2D eigenvalue weighted by Crippen LogP contribution is 2.24. The first-order chi connectivity index (χ1) is 7.70. The average Bonchev–Trinajstić information content (AvgIpc) is 2.29. The van der Waals surface area contributed by atoms with Gasteiger partial charge in [0.1, 0.15) is 0 Å². The highest BCUT2D eigenvalue weighted by molar-refractivity contribution is 7.91. The van der Waals surface area contributed by atoms with Crippen LogP contribution in [0, 0.1) is 11.6 Å². The van der Waals surface area contributed by atoms with Crippen molar-refractivity contribution in [2.24, 2.45) is 0 Å². The summed E-state index contributed by atoms with van der Waals surface area (Å²) in [5.41, 5.74) is 0. The molecule has 2 rings (SSSR count). The van der Waals surface area contributed by atoms with E-state index in [4.69, 9.17) is 0 Å². The van der Waals surface area contributed by atoms with Crippen LogP contribution in [0.15, 0.2) is 58.3 Å². The fourth-order valence-electron chi connectivity index (χ4n) is 1.31. The molecule has 0 unspecified atom stereocenters. The Labute approximate surface area is 94.9 Å². The van der Waals surface area contributed by atoms with Crippen molar-refractivity contribution in [3.05, 3.63) is 60.2 Å². The van der Waals surface area contributed by atoms with Crippen molar-refractivity contribution >= 4 is 11.2 Å². The zero-order chi connectivity index (χ0) is 11.5. The van der Waals surface area contributed by atoms with Crippen LogP contribution in [0.5, 0.6) is 0 Å². The van der Waals surface area contributed by atoms with E-state index in [9.17, 15) is 13.3 Å². The van der Waals surface area contributed by atoms with Crippen molar-refractivity contribution in [3.8, 4) is 0 Å². The van der Waals surface area contributed by atoms with Crippen LogP contribution in [-0.4, -0.2) is 4.55 Å². The lowest BCUT2D eigenvalue weighted by Gasteiger charge is -2.10. The minimum absolute atomic E-state index is 0.00685. The highest BCUT2D eigenvalue weighted by Gasteiger charge is 2.22. The average molecular weight is 238 g/mol. The summed E-state index contributed by atoms with van der Waals surface area (Å²) in [4.78, 5) is -0.0137. The number of hydrogen-bond acceptors (Lipinski definition) is 1. The van der Waals surface area contributed by atoms with Gasteiger partial charge in [0.05, 0.1) is 0 Å². The fourth-order valence-corrected chi connectivity index (χ4v) is 2.44. The SMILES string of the molecule is [O-][S+](c1ccccc1F)c1ccccc1F. The zero-order valence-electron chi connectivity index (χ0n) is 8.19. The molecule has 0 saturated heterocycles. The molecule has 0 spiro atoms. The van der Waals surface area contributed by atoms with Crippen LogP contribution in [0.4, 0.5) is 8.78 Å². The molecule has 0 aliphatic carbocycles. The molecule has 0 fully saturated rings. The smallest absolute Gasteiger partial charge is 0.194 e. The van der Waals surface area contributed by atoms with Crippen molar-refractivity contribution in [1.82, 2.24) is 0 Å². The predicted octanol–water partition coefficient (Wildman–Crippen LogP) is 3.13. The lowest BCUT2D eigenvalue weighted by Crippen LogP contribution is -2.06. The van der Waals surface area contributed by atoms with Gasteiger partial charge in [0.2, 0.25) is 0 Å². The molecule has 0 aliphatic heterocycles. The lowest BCUT2D eigenvalue weighted by molar-refractivity contribution is 0.551. The van der Waals surface area contributed by atoms with Gasteiger partial charge in [-0.2, -0.15) is 0 Å². The molecule has 0 heterocycles. The standard InChI is InChI=1S/C12H8F2OS/c13-9-5-1-3-7-11(9)16(15)12-8-4-2-6-10(12)14/h1-8H. The quantitative estimate of drug-likeness (QED) is 0.737. The lowest BCUT2D eigenvalue weighted by atomic mass is 10.3. The molecular formula is C12H8F2OS. The molecule has 2 aromatic carbocycles. The normalized spacial score (nSPS) is 10.8. The molecule has 0 saturated carbocycles. The summed E-state index contributed by atoms with van der Waals surface area (Å²) in [7, 11) is 0. The summed E-state index contributed by atoms with van der Waals surface area (Å²) in [5, 5.41) is 0. The molecule has 0 aliphatic rings. The summed E-state index contributed by atoms with van der Waals surface area (Å²) >= 11 is -1.82. The third-order valence-electron chi connectivity index (χ3n) is 2.07. The molecule has 1 nitrogen and oxygen atoms in total. The molecule has 0 aromatic heterocycles. The number of halogens is 2. The van der Waals surface area contributed by atoms with Crippen molar-refractivity contribution in [2.75, 3.05) is 0 Å². The van der Waals surface area contributed by atoms with Crippen LogP contribution in [0.3, 0.4) is 0 Å². The Kier molecular flexibility index (Phi) is 3.22. The van der Waals surface area contributed by atoms with Gasteiger partial charge in [-0.15, -0.1) is 0 Å². The van der Waals surface area contributed by atoms with Crippen molar-refractivity contribution < 1.29 is 13.3 Å². The molecule has 82 valence electrons. The molecule has 0 radical (unpaired) electrons. The van der Waals surface area contributed by atoms with E-state index in [1.807, 2.05) is 0 Å². The maximum atomic E-state index is 13.3. The number of rotatable bonds is 2. The molecular weight excluding hydrogens is 230 g/mol. The Balaban J connectivity index is 2.44. The Morgan fingerprint density at radius 3 is 1.50 bits per heavy atom. The Morgan fingerprint density at radius 2 is 1.12 bits per heavy atom. The van der Waals surface area contributed by atoms with Gasteiger partial charge in [-0.25, -0.2) is 8.78 Å². The van der Waals surface area contributed by atoms with Gasteiger partial charge >= 0.3 is 0 Å². The Bertz CT molecular complexity index is 456. The van der Waals surface area contributed by atoms with Gasteiger partial charge < -0.3 is 4.55 Å². The second-order valence-electron chi connectivity index (χ2n) is 3.13. The molecule has 4 heteroatoms. The van der Waals surface area contributed by atoms with Crippen LogP contribution in [-0.2, 0) is 11.2 Å². The molecule has 0 bridgehead atoms. The third-order valence-corrected chi connectivity index (χ3v) is 3.53. The van der Waals surface area contributed by atoms with Gasteiger partial charge in [-0.3, -0.25) is 0 Å². The maximum Gasteiger partial charge on any atom is 0.194 e. The van der Waals surface area contributed by atoms with E-state index in [0.29, 0.717) is 0 Å². The second-order valence-corrected chi connectivity index (χ2v) is 4.55. The van der Waals surface area contributed by atoms with E-state index in [1.54, 1.807) is 12.1 Å². The predicted molar refractivity (Wildman–Crippen MR) is 57.5 cm³/mol. The molecule has 0 amide bonds. The Morgan fingerprint density at radius 1 is 0.750 bits per heavy atom. The zero-order valence-corrected chi connectivity index (χ0v) is 9.01. The van der Waals surface area contributed by atoms with E-state index in [-0.39, 0.29) is 9.79 Å². The van der Waals surface area contributed by atoms with Crippen molar-refractivity contribution in [3.63, 3.8) is 0 Å². The van der Waals surface area contributed by atoms with Gasteiger partial charge in [-0.1, -0.05) is 24.3 Å². The van der Waals surface area contributed by atoms with Crippen LogP contribution in [0.2, 0.25) is 0 Å². The topological polar surface area (TPSA) is 23.1 Å². The second kappa shape index (κ2) is 4.63. The van der Waals surface area contributed by atoms with E-state index >= 15 is 0 Å². The van der Waals surface area contributed by atoms with E-state index < -0.39 is 22.8 Å². The molecule has 2 aromatic rings. The van der Waals surface area contributed by atoms with Crippen LogP contribution in [0.1, 0.15) is 0 Å². The van der Waals surface area contributed by atoms with E-state index in [0.717, 1.165) is 0 Å². The fraction of sp³-hybridized carbons (Fsp3) is 0. The van der Waals surface area contributed by atoms with Gasteiger partial charge in [-0.05, 0) is 24.3 Å². The van der Waals surface area contributed by atoms with Crippen molar-refractivity contribution in [1.29, 1.82) is 0 Å². The monoisotopic (exact) mass is 238 g/mol. The van der Waals surface area contributed by atoms with E-state index in [1.165, 1.54) is 36.4 Å². The minimum atomic E-state index is -1.82.